The molecule has 1 aliphatic heterocycles. The zero-order chi connectivity index (χ0) is 23.2. The van der Waals surface area contributed by atoms with Gasteiger partial charge in [-0.3, -0.25) is 4.79 Å². The van der Waals surface area contributed by atoms with E-state index in [2.05, 4.69) is 5.32 Å². The third-order valence-corrected chi connectivity index (χ3v) is 6.69. The van der Waals surface area contributed by atoms with Gasteiger partial charge in [-0.25, -0.2) is 8.42 Å². The number of anilines is 1. The molecular weight excluding hydrogens is 447 g/mol. The van der Waals surface area contributed by atoms with E-state index in [0.717, 1.165) is 19.3 Å². The van der Waals surface area contributed by atoms with Crippen LogP contribution in [0.1, 0.15) is 19.3 Å². The summed E-state index contributed by atoms with van der Waals surface area (Å²) < 4.78 is 70.2. The molecule has 0 aliphatic carbocycles. The summed E-state index contributed by atoms with van der Waals surface area (Å²) in [4.78, 5) is 11.8. The van der Waals surface area contributed by atoms with Crippen LogP contribution in [0.4, 0.5) is 18.9 Å². The molecule has 3 rings (SSSR count). The van der Waals surface area contributed by atoms with E-state index in [4.69, 9.17) is 4.74 Å². The predicted molar refractivity (Wildman–Crippen MR) is 113 cm³/mol. The lowest BCUT2D eigenvalue weighted by atomic mass is 10.2. The molecule has 0 aromatic heterocycles. The van der Waals surface area contributed by atoms with E-state index in [9.17, 15) is 26.4 Å². The minimum Gasteiger partial charge on any atom is -0.455 e. The monoisotopic (exact) mass is 471 g/mol. The first-order valence-corrected chi connectivity index (χ1v) is 11.5. The number of para-hydroxylation sites is 1. The topological polar surface area (TPSA) is 87.7 Å². The number of alkyl halides is 3. The van der Waals surface area contributed by atoms with Gasteiger partial charge < -0.3 is 15.4 Å². The number of ether oxygens (including phenoxy) is 1. The summed E-state index contributed by atoms with van der Waals surface area (Å²) in [6.07, 6.45) is -2.01. The number of benzene rings is 2. The summed E-state index contributed by atoms with van der Waals surface area (Å²) in [7, 11) is -3.75. The number of piperidine rings is 1. The van der Waals surface area contributed by atoms with Crippen LogP contribution in [0.2, 0.25) is 0 Å². The second-order valence-corrected chi connectivity index (χ2v) is 9.22. The van der Waals surface area contributed by atoms with Crippen molar-refractivity contribution in [1.82, 2.24) is 9.62 Å². The Balaban J connectivity index is 1.82. The third kappa shape index (κ3) is 6.60. The number of carbonyl (C=O) groups is 1. The maximum Gasteiger partial charge on any atom is 0.405 e. The van der Waals surface area contributed by atoms with Crippen LogP contribution in [0.25, 0.3) is 0 Å². The molecule has 2 aromatic carbocycles. The van der Waals surface area contributed by atoms with Gasteiger partial charge in [0.2, 0.25) is 15.9 Å². The molecular formula is C21H24F3N3O4S. The summed E-state index contributed by atoms with van der Waals surface area (Å²) in [5.41, 5.74) is 0.175. The number of carbonyl (C=O) groups excluding carboxylic acids is 1. The molecule has 2 aromatic rings. The Kier molecular flexibility index (Phi) is 7.62. The van der Waals surface area contributed by atoms with Gasteiger partial charge in [0.1, 0.15) is 12.3 Å². The maximum atomic E-state index is 13.0. The van der Waals surface area contributed by atoms with Crippen molar-refractivity contribution in [3.63, 3.8) is 0 Å². The van der Waals surface area contributed by atoms with Crippen molar-refractivity contribution < 1.29 is 31.1 Å². The smallest absolute Gasteiger partial charge is 0.405 e. The molecule has 0 bridgehead atoms. The maximum absolute atomic E-state index is 13.0. The minimum absolute atomic E-state index is 0.0120. The number of rotatable bonds is 8. The summed E-state index contributed by atoms with van der Waals surface area (Å²) in [5, 5.41) is 4.46. The van der Waals surface area contributed by atoms with Crippen LogP contribution in [0, 0.1) is 0 Å². The van der Waals surface area contributed by atoms with Gasteiger partial charge in [0.25, 0.3) is 0 Å². The quantitative estimate of drug-likeness (QED) is 0.613. The molecule has 1 heterocycles. The number of nitrogens with zero attached hydrogens (tertiary/aromatic N) is 1. The molecule has 1 aliphatic rings. The van der Waals surface area contributed by atoms with Crippen LogP contribution in [0.5, 0.6) is 11.5 Å². The first-order valence-electron chi connectivity index (χ1n) is 10.1. The van der Waals surface area contributed by atoms with E-state index in [1.807, 2.05) is 0 Å². The second-order valence-electron chi connectivity index (χ2n) is 7.28. The number of hydrogen-bond acceptors (Lipinski definition) is 5. The molecule has 1 saturated heterocycles. The van der Waals surface area contributed by atoms with E-state index in [-0.39, 0.29) is 16.3 Å². The van der Waals surface area contributed by atoms with Crippen LogP contribution in [-0.4, -0.2) is 51.0 Å². The fourth-order valence-electron chi connectivity index (χ4n) is 3.20. The molecule has 7 nitrogen and oxygen atoms in total. The number of nitrogens with one attached hydrogen (secondary N) is 2. The summed E-state index contributed by atoms with van der Waals surface area (Å²) in [5.74, 6) is -0.182. The number of hydrogen-bond donors (Lipinski definition) is 2. The van der Waals surface area contributed by atoms with E-state index in [1.165, 1.54) is 22.5 Å². The lowest BCUT2D eigenvalue weighted by Gasteiger charge is -2.26. The molecule has 0 spiro atoms. The minimum atomic E-state index is -4.53. The Morgan fingerprint density at radius 2 is 1.72 bits per heavy atom. The highest BCUT2D eigenvalue weighted by atomic mass is 32.2. The fraction of sp³-hybridized carbons (Fsp3) is 0.381. The number of amides is 1. The Bertz CT molecular complexity index is 1020. The average Bonchev–Trinajstić information content (AvgIpc) is 2.77. The van der Waals surface area contributed by atoms with Crippen molar-refractivity contribution in [2.75, 3.05) is 31.5 Å². The van der Waals surface area contributed by atoms with Gasteiger partial charge in [-0.1, -0.05) is 24.6 Å². The zero-order valence-corrected chi connectivity index (χ0v) is 18.0. The van der Waals surface area contributed by atoms with E-state index >= 15 is 0 Å². The molecule has 0 unspecified atom stereocenters. The van der Waals surface area contributed by atoms with Crippen LogP contribution < -0.4 is 15.4 Å². The van der Waals surface area contributed by atoms with Crippen LogP contribution in [-0.2, 0) is 14.8 Å². The molecule has 32 heavy (non-hydrogen) atoms. The van der Waals surface area contributed by atoms with Gasteiger partial charge in [0, 0.05) is 13.1 Å². The standard InChI is InChI=1S/C21H24F3N3O4S/c22-21(23,24)15-26-20(28)14-25-18-13-17(32(29,30)27-11-5-2-6-12-27)9-10-19(18)31-16-7-3-1-4-8-16/h1,3-4,7-10,13,25H,2,5-6,11-12,14-15H2,(H,26,28). The molecule has 0 atom stereocenters. The first kappa shape index (κ1) is 23.9. The normalized spacial score (nSPS) is 15.2. The third-order valence-electron chi connectivity index (χ3n) is 4.80. The van der Waals surface area contributed by atoms with Crippen LogP contribution >= 0.6 is 0 Å². The van der Waals surface area contributed by atoms with Gasteiger partial charge in [-0.2, -0.15) is 17.5 Å². The van der Waals surface area contributed by atoms with Crippen molar-refractivity contribution in [2.45, 2.75) is 30.3 Å². The lowest BCUT2D eigenvalue weighted by molar-refractivity contribution is -0.137. The van der Waals surface area contributed by atoms with Crippen molar-refractivity contribution >= 4 is 21.6 Å². The Labute approximate surface area is 184 Å². The van der Waals surface area contributed by atoms with Gasteiger partial charge >= 0.3 is 6.18 Å². The largest absolute Gasteiger partial charge is 0.455 e. The van der Waals surface area contributed by atoms with Crippen LogP contribution in [0.15, 0.2) is 53.4 Å². The van der Waals surface area contributed by atoms with E-state index in [1.54, 1.807) is 35.6 Å². The molecule has 11 heteroatoms. The highest BCUT2D eigenvalue weighted by Gasteiger charge is 2.28. The van der Waals surface area contributed by atoms with Gasteiger partial charge in [0.05, 0.1) is 17.1 Å². The van der Waals surface area contributed by atoms with Gasteiger partial charge in [-0.05, 0) is 43.2 Å². The lowest BCUT2D eigenvalue weighted by Crippen LogP contribution is -2.37. The number of sulfonamides is 1. The summed E-state index contributed by atoms with van der Waals surface area (Å²) in [6, 6.07) is 12.9. The molecule has 0 radical (unpaired) electrons. The van der Waals surface area contributed by atoms with Gasteiger partial charge in [0.15, 0.2) is 5.75 Å². The molecule has 174 valence electrons. The van der Waals surface area contributed by atoms with Crippen LogP contribution in [0.3, 0.4) is 0 Å². The van der Waals surface area contributed by atoms with Crippen molar-refractivity contribution in [3.05, 3.63) is 48.5 Å². The van der Waals surface area contributed by atoms with E-state index < -0.39 is 35.2 Å². The molecule has 1 fully saturated rings. The second kappa shape index (κ2) is 10.2. The van der Waals surface area contributed by atoms with Crippen molar-refractivity contribution in [3.8, 4) is 11.5 Å². The van der Waals surface area contributed by atoms with Crippen molar-refractivity contribution in [1.29, 1.82) is 0 Å². The Morgan fingerprint density at radius 3 is 2.38 bits per heavy atom. The highest BCUT2D eigenvalue weighted by Crippen LogP contribution is 2.33. The SMILES string of the molecule is O=C(CNc1cc(S(=O)(=O)N2CCCCC2)ccc1Oc1ccccc1)NCC(F)(F)F. The Morgan fingerprint density at radius 1 is 1.03 bits per heavy atom. The van der Waals surface area contributed by atoms with E-state index in [0.29, 0.717) is 18.8 Å². The average molecular weight is 472 g/mol. The highest BCUT2D eigenvalue weighted by molar-refractivity contribution is 7.89. The predicted octanol–water partition coefficient (Wildman–Crippen LogP) is 3.74. The first-order chi connectivity index (χ1) is 15.1. The molecule has 0 saturated carbocycles. The molecule has 2 N–H and O–H groups in total. The molecule has 1 amide bonds. The number of halogens is 3. The Hall–Kier alpha value is -2.79. The fourth-order valence-corrected chi connectivity index (χ4v) is 4.75. The zero-order valence-electron chi connectivity index (χ0n) is 17.2. The summed E-state index contributed by atoms with van der Waals surface area (Å²) in [6.45, 7) is -1.10. The van der Waals surface area contributed by atoms with Crippen molar-refractivity contribution in [2.24, 2.45) is 0 Å². The summed E-state index contributed by atoms with van der Waals surface area (Å²) >= 11 is 0. The van der Waals surface area contributed by atoms with Gasteiger partial charge in [-0.15, -0.1) is 0 Å².